The van der Waals surface area contributed by atoms with Crippen LogP contribution in [-0.2, 0) is 0 Å². The Hall–Kier alpha value is -1.49. The van der Waals surface area contributed by atoms with Crippen molar-refractivity contribution in [2.75, 3.05) is 50.0 Å². The van der Waals surface area contributed by atoms with E-state index in [1.54, 1.807) is 12.3 Å². The molecule has 0 unspecified atom stereocenters. The second-order valence-corrected chi connectivity index (χ2v) is 5.48. The van der Waals surface area contributed by atoms with Crippen LogP contribution in [0.2, 0.25) is 0 Å². The van der Waals surface area contributed by atoms with Crippen LogP contribution in [0.4, 0.5) is 17.2 Å². The molecule has 1 saturated heterocycles. The monoisotopic (exact) mass is 250 g/mol. The predicted octanol–water partition coefficient (Wildman–Crippen LogP) is 1.29. The molecule has 18 heavy (non-hydrogen) atoms. The molecular weight excluding hydrogens is 226 g/mol. The van der Waals surface area contributed by atoms with Crippen molar-refractivity contribution in [1.29, 1.82) is 0 Å². The lowest BCUT2D eigenvalue weighted by molar-refractivity contribution is -0.897. The lowest BCUT2D eigenvalue weighted by Gasteiger charge is -2.29. The number of hydrogen-bond donors (Lipinski definition) is 3. The molecule has 0 bridgehead atoms. The number of aromatic nitrogens is 1. The zero-order valence-corrected chi connectivity index (χ0v) is 11.2. The molecule has 0 spiro atoms. The maximum Gasteiger partial charge on any atom is 0.149 e. The van der Waals surface area contributed by atoms with Crippen molar-refractivity contribution in [3.05, 3.63) is 12.3 Å². The minimum Gasteiger partial charge on any atom is -0.397 e. The average molecular weight is 250 g/mol. The minimum atomic E-state index is 0.605. The Morgan fingerprint density at radius 1 is 1.33 bits per heavy atom. The van der Waals surface area contributed by atoms with Gasteiger partial charge in [0.1, 0.15) is 5.82 Å². The molecule has 1 aromatic heterocycles. The number of anilines is 3. The summed E-state index contributed by atoms with van der Waals surface area (Å²) in [6.45, 7) is 4.78. The van der Waals surface area contributed by atoms with E-state index < -0.39 is 0 Å². The molecule has 2 rings (SSSR count). The second kappa shape index (κ2) is 5.44. The summed E-state index contributed by atoms with van der Waals surface area (Å²) in [5.41, 5.74) is 12.7. The van der Waals surface area contributed by atoms with Crippen molar-refractivity contribution in [2.45, 2.75) is 19.3 Å². The quantitative estimate of drug-likeness (QED) is 0.543. The molecule has 1 aromatic rings. The molecule has 0 aliphatic carbocycles. The molecule has 1 aliphatic heterocycles. The van der Waals surface area contributed by atoms with E-state index in [0.717, 1.165) is 18.8 Å². The number of nitrogens with zero attached hydrogens (tertiary/aromatic N) is 2. The average Bonchev–Trinajstić information content (AvgIpc) is 2.74. The Bertz CT molecular complexity index is 398. The summed E-state index contributed by atoms with van der Waals surface area (Å²) in [5.74, 6) is 0.744. The van der Waals surface area contributed by atoms with Gasteiger partial charge in [0.15, 0.2) is 0 Å². The van der Waals surface area contributed by atoms with Crippen molar-refractivity contribution in [1.82, 2.24) is 4.98 Å². The van der Waals surface area contributed by atoms with Crippen LogP contribution < -0.4 is 16.8 Å². The van der Waals surface area contributed by atoms with Crippen LogP contribution >= 0.6 is 0 Å². The number of nitrogens with two attached hydrogens (primary N) is 2. The third-order valence-electron chi connectivity index (χ3n) is 3.75. The lowest BCUT2D eigenvalue weighted by atomic mass is 10.3. The van der Waals surface area contributed by atoms with Gasteiger partial charge in [-0.15, -0.1) is 0 Å². The van der Waals surface area contributed by atoms with Gasteiger partial charge in [0.05, 0.1) is 44.3 Å². The summed E-state index contributed by atoms with van der Waals surface area (Å²) < 4.78 is 1.21. The fourth-order valence-electron chi connectivity index (χ4n) is 2.64. The normalized spacial score (nSPS) is 17.8. The van der Waals surface area contributed by atoms with Crippen molar-refractivity contribution < 1.29 is 4.48 Å². The van der Waals surface area contributed by atoms with Gasteiger partial charge in [0, 0.05) is 25.8 Å². The Balaban J connectivity index is 1.75. The van der Waals surface area contributed by atoms with E-state index in [-0.39, 0.29) is 0 Å². The van der Waals surface area contributed by atoms with Crippen LogP contribution in [0.3, 0.4) is 0 Å². The topological polar surface area (TPSA) is 77.0 Å². The summed E-state index contributed by atoms with van der Waals surface area (Å²) in [4.78, 5) is 4.20. The van der Waals surface area contributed by atoms with Crippen molar-refractivity contribution in [2.24, 2.45) is 0 Å². The Kier molecular flexibility index (Phi) is 3.91. The van der Waals surface area contributed by atoms with Crippen molar-refractivity contribution in [3.8, 4) is 0 Å². The molecule has 0 radical (unpaired) electrons. The fourth-order valence-corrected chi connectivity index (χ4v) is 2.64. The predicted molar refractivity (Wildman–Crippen MR) is 76.2 cm³/mol. The summed E-state index contributed by atoms with van der Waals surface area (Å²) >= 11 is 0. The van der Waals surface area contributed by atoms with E-state index in [1.807, 2.05) is 0 Å². The molecule has 2 heterocycles. The highest BCUT2D eigenvalue weighted by Gasteiger charge is 2.25. The highest BCUT2D eigenvalue weighted by Crippen LogP contribution is 2.18. The van der Waals surface area contributed by atoms with Crippen LogP contribution in [0.1, 0.15) is 19.3 Å². The van der Waals surface area contributed by atoms with E-state index in [9.17, 15) is 0 Å². The molecule has 0 amide bonds. The van der Waals surface area contributed by atoms with Crippen LogP contribution in [0.5, 0.6) is 0 Å². The molecule has 1 fully saturated rings. The fraction of sp³-hybridized carbons (Fsp3) is 0.615. The van der Waals surface area contributed by atoms with Gasteiger partial charge < -0.3 is 21.3 Å². The molecule has 0 atom stereocenters. The van der Waals surface area contributed by atoms with Crippen LogP contribution in [0, 0.1) is 0 Å². The summed E-state index contributed by atoms with van der Waals surface area (Å²) in [7, 11) is 2.35. The minimum absolute atomic E-state index is 0.605. The first-order chi connectivity index (χ1) is 8.59. The van der Waals surface area contributed by atoms with E-state index >= 15 is 0 Å². The number of hydrogen-bond acceptors (Lipinski definition) is 4. The Morgan fingerprint density at radius 3 is 2.72 bits per heavy atom. The van der Waals surface area contributed by atoms with Crippen LogP contribution in [0.15, 0.2) is 12.3 Å². The van der Waals surface area contributed by atoms with E-state index in [1.165, 1.54) is 37.0 Å². The summed E-state index contributed by atoms with van der Waals surface area (Å²) in [6.07, 6.45) is 5.52. The second-order valence-electron chi connectivity index (χ2n) is 5.48. The number of nitrogens with one attached hydrogen (secondary N) is 1. The number of pyridine rings is 1. The zero-order valence-electron chi connectivity index (χ0n) is 11.2. The summed E-state index contributed by atoms with van der Waals surface area (Å²) in [6, 6.07) is 1.74. The van der Waals surface area contributed by atoms with Gasteiger partial charge in [-0.25, -0.2) is 4.98 Å². The van der Waals surface area contributed by atoms with Gasteiger partial charge in [-0.3, -0.25) is 0 Å². The Morgan fingerprint density at radius 2 is 2.06 bits per heavy atom. The molecule has 5 nitrogen and oxygen atoms in total. The third kappa shape index (κ3) is 3.26. The van der Waals surface area contributed by atoms with Gasteiger partial charge >= 0.3 is 0 Å². The Labute approximate surface area is 109 Å². The molecule has 100 valence electrons. The first-order valence-corrected chi connectivity index (χ1v) is 6.67. The van der Waals surface area contributed by atoms with E-state index in [4.69, 9.17) is 11.5 Å². The number of nitrogen functional groups attached to an aromatic ring is 2. The molecule has 5 heteroatoms. The van der Waals surface area contributed by atoms with Gasteiger partial charge in [-0.05, 0) is 6.07 Å². The molecule has 0 saturated carbocycles. The smallest absolute Gasteiger partial charge is 0.149 e. The third-order valence-corrected chi connectivity index (χ3v) is 3.75. The van der Waals surface area contributed by atoms with Crippen molar-refractivity contribution >= 4 is 17.2 Å². The van der Waals surface area contributed by atoms with Crippen LogP contribution in [0.25, 0.3) is 0 Å². The van der Waals surface area contributed by atoms with Gasteiger partial charge in [-0.2, -0.15) is 0 Å². The number of rotatable bonds is 5. The number of quaternary nitrogens is 1. The van der Waals surface area contributed by atoms with Gasteiger partial charge in [0.2, 0.25) is 0 Å². The lowest BCUT2D eigenvalue weighted by Crippen LogP contribution is -2.42. The maximum atomic E-state index is 5.84. The first-order valence-electron chi connectivity index (χ1n) is 6.67. The molecule has 1 aliphatic rings. The zero-order chi connectivity index (χ0) is 13.0. The van der Waals surface area contributed by atoms with E-state index in [0.29, 0.717) is 11.4 Å². The SMILES string of the molecule is C[N+]1(CCCNc2ncc(N)cc2N)CCCC1. The highest BCUT2D eigenvalue weighted by atomic mass is 15.3. The standard InChI is InChI=1S/C13H24N5/c1-18(6-2-3-7-18)8-4-5-16-13-12(15)9-11(14)10-17-13/h9-10H,2-8,14-15H2,1H3,(H,16,17)/q+1. The highest BCUT2D eigenvalue weighted by molar-refractivity contribution is 5.65. The van der Waals surface area contributed by atoms with E-state index in [2.05, 4.69) is 17.3 Å². The number of likely N-dealkylation sites (tertiary alicyclic amines) is 1. The molecule has 0 aromatic carbocycles. The molecular formula is C13H24N5+. The van der Waals surface area contributed by atoms with Gasteiger partial charge in [0.25, 0.3) is 0 Å². The van der Waals surface area contributed by atoms with Gasteiger partial charge in [-0.1, -0.05) is 0 Å². The summed E-state index contributed by atoms with van der Waals surface area (Å²) in [5, 5.41) is 3.28. The van der Waals surface area contributed by atoms with Crippen molar-refractivity contribution in [3.63, 3.8) is 0 Å². The largest absolute Gasteiger partial charge is 0.397 e. The maximum absolute atomic E-state index is 5.84. The molecule has 5 N–H and O–H groups in total. The first kappa shape index (κ1) is 13.0. The van der Waals surface area contributed by atoms with Crippen LogP contribution in [-0.4, -0.2) is 42.7 Å².